The van der Waals surface area contributed by atoms with Crippen molar-refractivity contribution in [3.63, 3.8) is 0 Å². The molecule has 2 aliphatic heterocycles. The summed E-state index contributed by atoms with van der Waals surface area (Å²) in [5.74, 6) is 3.88. The van der Waals surface area contributed by atoms with Crippen LogP contribution in [0.25, 0.3) is 0 Å². The molecule has 0 bridgehead atoms. The standard InChI is InChI=1S/C11H18N2OS2/c12-9-2-1-7-5-13(6-8(7)9)10(14)11-15-3-4-16-11/h7-9,11H,1-6,12H2. The number of nitrogens with zero attached hydrogens (tertiary/aromatic N) is 1. The Labute approximate surface area is 105 Å². The maximum Gasteiger partial charge on any atom is 0.245 e. The summed E-state index contributed by atoms with van der Waals surface area (Å²) in [4.78, 5) is 14.3. The first-order chi connectivity index (χ1) is 7.75. The summed E-state index contributed by atoms with van der Waals surface area (Å²) in [7, 11) is 0. The van der Waals surface area contributed by atoms with Gasteiger partial charge in [0.15, 0.2) is 0 Å². The summed E-state index contributed by atoms with van der Waals surface area (Å²) in [6, 6.07) is 0.340. The van der Waals surface area contributed by atoms with Crippen molar-refractivity contribution >= 4 is 29.4 Å². The van der Waals surface area contributed by atoms with Crippen LogP contribution in [0.3, 0.4) is 0 Å². The number of hydrogen-bond acceptors (Lipinski definition) is 4. The van der Waals surface area contributed by atoms with Gasteiger partial charge in [-0.3, -0.25) is 4.79 Å². The SMILES string of the molecule is NC1CCC2CN(C(=O)C3SCCS3)CC12. The van der Waals surface area contributed by atoms with Crippen molar-refractivity contribution < 1.29 is 4.79 Å². The molecule has 3 fully saturated rings. The van der Waals surface area contributed by atoms with Crippen LogP contribution in [0.5, 0.6) is 0 Å². The molecular formula is C11H18N2OS2. The van der Waals surface area contributed by atoms with E-state index in [2.05, 4.69) is 4.90 Å². The lowest BCUT2D eigenvalue weighted by molar-refractivity contribution is -0.128. The second-order valence-electron chi connectivity index (χ2n) is 4.98. The smallest absolute Gasteiger partial charge is 0.245 e. The molecule has 0 aromatic rings. The maximum absolute atomic E-state index is 12.2. The average molecular weight is 258 g/mol. The minimum atomic E-state index is 0.176. The Morgan fingerprint density at radius 2 is 1.94 bits per heavy atom. The van der Waals surface area contributed by atoms with E-state index in [4.69, 9.17) is 5.73 Å². The molecule has 3 rings (SSSR count). The zero-order valence-electron chi connectivity index (χ0n) is 9.30. The highest BCUT2D eigenvalue weighted by Crippen LogP contribution is 2.40. The summed E-state index contributed by atoms with van der Waals surface area (Å²) in [6.45, 7) is 1.89. The summed E-state index contributed by atoms with van der Waals surface area (Å²) in [5.41, 5.74) is 6.09. The first kappa shape index (κ1) is 11.2. The Hall–Kier alpha value is 0.130. The van der Waals surface area contributed by atoms with Crippen LogP contribution in [0.15, 0.2) is 0 Å². The molecule has 1 aliphatic carbocycles. The number of carbonyl (C=O) groups is 1. The topological polar surface area (TPSA) is 46.3 Å². The fourth-order valence-corrected chi connectivity index (χ4v) is 5.88. The van der Waals surface area contributed by atoms with Gasteiger partial charge in [-0.2, -0.15) is 0 Å². The number of rotatable bonds is 1. The summed E-state index contributed by atoms with van der Waals surface area (Å²) in [6.07, 6.45) is 2.38. The molecule has 0 aromatic carbocycles. The second-order valence-corrected chi connectivity index (χ2v) is 7.71. The molecule has 90 valence electrons. The molecule has 3 unspecified atom stereocenters. The van der Waals surface area contributed by atoms with Gasteiger partial charge >= 0.3 is 0 Å². The van der Waals surface area contributed by atoms with E-state index >= 15 is 0 Å². The van der Waals surface area contributed by atoms with Crippen LogP contribution in [0.1, 0.15) is 12.8 Å². The van der Waals surface area contributed by atoms with Crippen LogP contribution in [0.2, 0.25) is 0 Å². The van der Waals surface area contributed by atoms with Crippen LogP contribution in [0, 0.1) is 11.8 Å². The van der Waals surface area contributed by atoms with Gasteiger partial charge in [-0.05, 0) is 24.7 Å². The minimum absolute atomic E-state index is 0.176. The van der Waals surface area contributed by atoms with Gasteiger partial charge in [0, 0.05) is 30.6 Å². The van der Waals surface area contributed by atoms with Crippen LogP contribution in [-0.2, 0) is 4.79 Å². The number of hydrogen-bond donors (Lipinski definition) is 1. The number of fused-ring (bicyclic) bond motifs is 1. The van der Waals surface area contributed by atoms with E-state index in [1.165, 1.54) is 6.42 Å². The monoisotopic (exact) mass is 258 g/mol. The Morgan fingerprint density at radius 1 is 1.19 bits per heavy atom. The van der Waals surface area contributed by atoms with E-state index in [1.807, 2.05) is 0 Å². The van der Waals surface area contributed by atoms with Gasteiger partial charge in [0.2, 0.25) is 5.91 Å². The van der Waals surface area contributed by atoms with Crippen LogP contribution in [-0.4, -0.2) is 46.0 Å². The molecule has 3 nitrogen and oxygen atoms in total. The van der Waals surface area contributed by atoms with Gasteiger partial charge < -0.3 is 10.6 Å². The molecule has 3 atom stereocenters. The van der Waals surface area contributed by atoms with Crippen molar-refractivity contribution in [2.24, 2.45) is 17.6 Å². The summed E-state index contributed by atoms with van der Waals surface area (Å²) in [5, 5.41) is 0. The van der Waals surface area contributed by atoms with Crippen molar-refractivity contribution in [3.05, 3.63) is 0 Å². The normalized spacial score (nSPS) is 39.3. The number of thioether (sulfide) groups is 2. The quantitative estimate of drug-likeness (QED) is 0.762. The Bertz CT molecular complexity index is 294. The van der Waals surface area contributed by atoms with Gasteiger partial charge in [-0.25, -0.2) is 0 Å². The average Bonchev–Trinajstić information content (AvgIpc) is 2.96. The van der Waals surface area contributed by atoms with Crippen molar-refractivity contribution in [2.45, 2.75) is 23.5 Å². The molecular weight excluding hydrogens is 240 g/mol. The predicted molar refractivity (Wildman–Crippen MR) is 69.5 cm³/mol. The van der Waals surface area contributed by atoms with E-state index in [9.17, 15) is 4.79 Å². The Balaban J connectivity index is 1.63. The summed E-state index contributed by atoms with van der Waals surface area (Å²) >= 11 is 3.61. The van der Waals surface area contributed by atoms with Crippen molar-refractivity contribution in [1.29, 1.82) is 0 Å². The molecule has 0 spiro atoms. The number of likely N-dealkylation sites (tertiary alicyclic amines) is 1. The largest absolute Gasteiger partial charge is 0.340 e. The lowest BCUT2D eigenvalue weighted by atomic mass is 9.98. The third kappa shape index (κ3) is 1.87. The molecule has 1 saturated carbocycles. The first-order valence-electron chi connectivity index (χ1n) is 6.03. The zero-order chi connectivity index (χ0) is 11.1. The Kier molecular flexibility index (Phi) is 3.11. The van der Waals surface area contributed by atoms with Gasteiger partial charge in [0.25, 0.3) is 0 Å². The van der Waals surface area contributed by atoms with Gasteiger partial charge in [-0.15, -0.1) is 23.5 Å². The molecule has 0 aromatic heterocycles. The maximum atomic E-state index is 12.2. The van der Waals surface area contributed by atoms with Gasteiger partial charge in [0.1, 0.15) is 4.58 Å². The predicted octanol–water partition coefficient (Wildman–Crippen LogP) is 0.988. The summed E-state index contributed by atoms with van der Waals surface area (Å²) < 4.78 is 0.176. The molecule has 5 heteroatoms. The molecule has 1 amide bonds. The third-order valence-corrected chi connectivity index (χ3v) is 7.01. The van der Waals surface area contributed by atoms with Crippen LogP contribution in [0.4, 0.5) is 0 Å². The molecule has 0 radical (unpaired) electrons. The van der Waals surface area contributed by atoms with Gasteiger partial charge in [-0.1, -0.05) is 0 Å². The lowest BCUT2D eigenvalue weighted by Gasteiger charge is -2.21. The lowest BCUT2D eigenvalue weighted by Crippen LogP contribution is -2.36. The fourth-order valence-electron chi connectivity index (χ4n) is 3.14. The molecule has 2 N–H and O–H groups in total. The van der Waals surface area contributed by atoms with E-state index in [-0.39, 0.29) is 4.58 Å². The van der Waals surface area contributed by atoms with E-state index in [1.54, 1.807) is 23.5 Å². The zero-order valence-corrected chi connectivity index (χ0v) is 10.9. The van der Waals surface area contributed by atoms with Crippen molar-refractivity contribution in [3.8, 4) is 0 Å². The molecule has 2 heterocycles. The molecule has 16 heavy (non-hydrogen) atoms. The second kappa shape index (κ2) is 4.42. The number of carbonyl (C=O) groups excluding carboxylic acids is 1. The molecule has 2 saturated heterocycles. The Morgan fingerprint density at radius 3 is 2.62 bits per heavy atom. The van der Waals surface area contributed by atoms with E-state index in [0.717, 1.165) is 31.0 Å². The highest BCUT2D eigenvalue weighted by atomic mass is 32.2. The number of nitrogens with two attached hydrogens (primary N) is 1. The van der Waals surface area contributed by atoms with E-state index in [0.29, 0.717) is 23.8 Å². The highest BCUT2D eigenvalue weighted by molar-refractivity contribution is 8.21. The van der Waals surface area contributed by atoms with Crippen LogP contribution < -0.4 is 5.73 Å². The van der Waals surface area contributed by atoms with Gasteiger partial charge in [0.05, 0.1) is 0 Å². The molecule has 3 aliphatic rings. The van der Waals surface area contributed by atoms with Crippen LogP contribution >= 0.6 is 23.5 Å². The highest BCUT2D eigenvalue weighted by Gasteiger charge is 2.44. The number of amides is 1. The first-order valence-corrected chi connectivity index (χ1v) is 8.13. The van der Waals surface area contributed by atoms with Crippen molar-refractivity contribution in [1.82, 2.24) is 4.90 Å². The minimum Gasteiger partial charge on any atom is -0.340 e. The van der Waals surface area contributed by atoms with Crippen molar-refractivity contribution in [2.75, 3.05) is 24.6 Å². The fraction of sp³-hybridized carbons (Fsp3) is 0.909. The van der Waals surface area contributed by atoms with E-state index < -0.39 is 0 Å². The third-order valence-electron chi connectivity index (χ3n) is 4.05.